The molecule has 2 aromatic carbocycles. The minimum absolute atomic E-state index is 0.160. The van der Waals surface area contributed by atoms with Gasteiger partial charge in [0.05, 0.1) is 34.0 Å². The van der Waals surface area contributed by atoms with Gasteiger partial charge in [-0.1, -0.05) is 36.4 Å². The highest BCUT2D eigenvalue weighted by Crippen LogP contribution is 2.39. The van der Waals surface area contributed by atoms with Crippen molar-refractivity contribution in [2.75, 3.05) is 45.9 Å². The Bertz CT molecular complexity index is 1390. The average Bonchev–Trinajstić information content (AvgIpc) is 3.25. The number of benzene rings is 2. The number of hydrogen-bond donors (Lipinski definition) is 2. The van der Waals surface area contributed by atoms with Gasteiger partial charge in [0.25, 0.3) is 5.91 Å². The van der Waals surface area contributed by atoms with Crippen molar-refractivity contribution in [1.82, 2.24) is 14.5 Å². The monoisotopic (exact) mass is 508 g/mol. The number of nitrogens with two attached hydrogens (primary N) is 1. The fourth-order valence-electron chi connectivity index (χ4n) is 4.84. The molecule has 1 saturated heterocycles. The third-order valence-electron chi connectivity index (χ3n) is 6.79. The van der Waals surface area contributed by atoms with Crippen LogP contribution in [-0.2, 0) is 19.6 Å². The number of nitrogens with zero attached hydrogens (tertiary/aromatic N) is 2. The number of piperazine rings is 1. The van der Waals surface area contributed by atoms with E-state index in [0.717, 1.165) is 6.54 Å². The third kappa shape index (κ3) is 4.16. The number of ether oxygens (including phenoxy) is 1. The Hall–Kier alpha value is -3.31. The van der Waals surface area contributed by atoms with Gasteiger partial charge in [-0.3, -0.25) is 14.5 Å². The van der Waals surface area contributed by atoms with Gasteiger partial charge in [-0.05, 0) is 24.6 Å². The van der Waals surface area contributed by atoms with Crippen molar-refractivity contribution in [3.8, 4) is 0 Å². The summed E-state index contributed by atoms with van der Waals surface area (Å²) in [4.78, 5) is 28.4. The lowest BCUT2D eigenvalue weighted by Crippen LogP contribution is -2.49. The molecule has 3 N–H and O–H groups in total. The number of hydrogen-bond acceptors (Lipinski definition) is 7. The zero-order chi connectivity index (χ0) is 25.4. The zero-order valence-electron chi connectivity index (χ0n) is 20.0. The molecule has 188 valence electrons. The van der Waals surface area contributed by atoms with Gasteiger partial charge < -0.3 is 15.8 Å². The zero-order valence-corrected chi connectivity index (χ0v) is 20.8. The van der Waals surface area contributed by atoms with Crippen LogP contribution in [0.25, 0.3) is 11.4 Å². The van der Waals surface area contributed by atoms with Gasteiger partial charge in [0.2, 0.25) is 10.0 Å². The van der Waals surface area contributed by atoms with Crippen molar-refractivity contribution in [2.45, 2.75) is 11.8 Å². The number of carbonyl (C=O) groups is 2. The molecule has 10 heteroatoms. The van der Waals surface area contributed by atoms with E-state index < -0.39 is 15.9 Å². The number of nitrogens with one attached hydrogen (secondary N) is 1. The summed E-state index contributed by atoms with van der Waals surface area (Å²) in [5.74, 6) is -0.735. The van der Waals surface area contributed by atoms with Crippen LogP contribution in [0.4, 0.5) is 0 Å². The van der Waals surface area contributed by atoms with Crippen molar-refractivity contribution in [3.05, 3.63) is 76.4 Å². The van der Waals surface area contributed by atoms with E-state index in [2.05, 4.69) is 10.2 Å². The molecule has 0 radical (unpaired) electrons. The van der Waals surface area contributed by atoms with Crippen LogP contribution in [0.5, 0.6) is 0 Å². The fraction of sp³-hybridized carbons (Fsp3) is 0.308. The van der Waals surface area contributed by atoms with Gasteiger partial charge in [-0.2, -0.15) is 4.31 Å². The van der Waals surface area contributed by atoms with E-state index in [1.807, 2.05) is 6.92 Å². The van der Waals surface area contributed by atoms with E-state index in [9.17, 15) is 18.0 Å². The first-order chi connectivity index (χ1) is 17.3. The Labute approximate surface area is 210 Å². The number of rotatable bonds is 7. The van der Waals surface area contributed by atoms with Gasteiger partial charge >= 0.3 is 0 Å². The number of ketones is 1. The lowest BCUT2D eigenvalue weighted by molar-refractivity contribution is -0.115. The van der Waals surface area contributed by atoms with Gasteiger partial charge in [0, 0.05) is 50.5 Å². The number of sulfonamides is 1. The van der Waals surface area contributed by atoms with Gasteiger partial charge in [-0.25, -0.2) is 8.42 Å². The lowest BCUT2D eigenvalue weighted by Gasteiger charge is -2.33. The van der Waals surface area contributed by atoms with Crippen molar-refractivity contribution < 1.29 is 22.7 Å². The molecule has 1 amide bonds. The SMILES string of the molecule is CCOCCN1CCN(S(=O)(=O)c2ccc(C3=C4C(=O)c5ccccc5C(N)=C4C(=O)N3)cc2)CC1. The minimum atomic E-state index is -3.67. The highest BCUT2D eigenvalue weighted by molar-refractivity contribution is 7.89. The van der Waals surface area contributed by atoms with Crippen LogP contribution in [0, 0.1) is 0 Å². The van der Waals surface area contributed by atoms with Crippen LogP contribution in [-0.4, -0.2) is 75.3 Å². The van der Waals surface area contributed by atoms with Crippen molar-refractivity contribution in [3.63, 3.8) is 0 Å². The van der Waals surface area contributed by atoms with Crippen molar-refractivity contribution in [2.24, 2.45) is 5.73 Å². The number of carbonyl (C=O) groups excluding carboxylic acids is 2. The molecule has 0 aromatic heterocycles. The third-order valence-corrected chi connectivity index (χ3v) is 8.70. The quantitative estimate of drug-likeness (QED) is 0.543. The maximum absolute atomic E-state index is 13.3. The summed E-state index contributed by atoms with van der Waals surface area (Å²) in [6.45, 7) is 6.13. The molecule has 2 heterocycles. The van der Waals surface area contributed by atoms with E-state index in [4.69, 9.17) is 10.5 Å². The molecular weight excluding hydrogens is 480 g/mol. The molecule has 0 unspecified atom stereocenters. The number of fused-ring (bicyclic) bond motifs is 2. The van der Waals surface area contributed by atoms with Gasteiger partial charge in [-0.15, -0.1) is 0 Å². The smallest absolute Gasteiger partial charge is 0.258 e. The Kier molecular flexibility index (Phi) is 6.52. The second-order valence-corrected chi connectivity index (χ2v) is 10.8. The highest BCUT2D eigenvalue weighted by Gasteiger charge is 2.39. The molecular formula is C26H28N4O5S. The van der Waals surface area contributed by atoms with Gasteiger partial charge in [0.15, 0.2) is 5.78 Å². The number of amides is 1. The first-order valence-corrected chi connectivity index (χ1v) is 13.4. The van der Waals surface area contributed by atoms with E-state index in [0.29, 0.717) is 61.8 Å². The summed E-state index contributed by atoms with van der Waals surface area (Å²) in [5, 5.41) is 2.76. The summed E-state index contributed by atoms with van der Waals surface area (Å²) in [6.07, 6.45) is 0. The van der Waals surface area contributed by atoms with Crippen LogP contribution in [0.3, 0.4) is 0 Å². The summed E-state index contributed by atoms with van der Waals surface area (Å²) < 4.78 is 33.3. The molecule has 1 fully saturated rings. The lowest BCUT2D eigenvalue weighted by atomic mass is 9.84. The Morgan fingerprint density at radius 2 is 1.61 bits per heavy atom. The predicted molar refractivity (Wildman–Crippen MR) is 135 cm³/mol. The van der Waals surface area contributed by atoms with Crippen molar-refractivity contribution >= 4 is 33.1 Å². The second kappa shape index (κ2) is 9.62. The van der Waals surface area contributed by atoms with Crippen LogP contribution in [0.1, 0.15) is 28.4 Å². The minimum Gasteiger partial charge on any atom is -0.398 e. The molecule has 1 aliphatic carbocycles. The van der Waals surface area contributed by atoms with E-state index in [1.54, 1.807) is 36.4 Å². The van der Waals surface area contributed by atoms with Gasteiger partial charge in [0.1, 0.15) is 0 Å². The first-order valence-electron chi connectivity index (χ1n) is 11.9. The van der Waals surface area contributed by atoms with Crippen LogP contribution in [0.2, 0.25) is 0 Å². The molecule has 9 nitrogen and oxygen atoms in total. The van der Waals surface area contributed by atoms with Crippen LogP contribution < -0.4 is 11.1 Å². The topological polar surface area (TPSA) is 122 Å². The molecule has 2 aliphatic heterocycles. The van der Waals surface area contributed by atoms with E-state index in [-0.39, 0.29) is 27.5 Å². The largest absolute Gasteiger partial charge is 0.398 e. The predicted octanol–water partition coefficient (Wildman–Crippen LogP) is 1.44. The normalized spacial score (nSPS) is 18.9. The molecule has 0 atom stereocenters. The summed E-state index contributed by atoms with van der Waals surface area (Å²) in [5.41, 5.74) is 8.75. The fourth-order valence-corrected chi connectivity index (χ4v) is 6.26. The standard InChI is InChI=1S/C26H28N4O5S/c1-2-35-16-15-29-11-13-30(14-12-29)36(33,34)18-9-7-17(8-10-18)24-22-21(26(32)28-24)23(27)19-5-3-4-6-20(19)25(22)31/h3-10H,2,11-16,27H2,1H3,(H,28,32). The summed E-state index contributed by atoms with van der Waals surface area (Å²) >= 11 is 0. The molecule has 0 bridgehead atoms. The number of Topliss-reactive ketones (excluding diaryl/α,β-unsaturated/α-hetero) is 1. The molecule has 3 aliphatic rings. The van der Waals surface area contributed by atoms with E-state index in [1.165, 1.54) is 16.4 Å². The maximum atomic E-state index is 13.3. The average molecular weight is 509 g/mol. The Balaban J connectivity index is 1.38. The molecule has 0 saturated carbocycles. The summed E-state index contributed by atoms with van der Waals surface area (Å²) in [7, 11) is -3.67. The summed E-state index contributed by atoms with van der Waals surface area (Å²) in [6, 6.07) is 13.2. The van der Waals surface area contributed by atoms with E-state index >= 15 is 0 Å². The van der Waals surface area contributed by atoms with Crippen molar-refractivity contribution in [1.29, 1.82) is 0 Å². The van der Waals surface area contributed by atoms with Crippen LogP contribution in [0.15, 0.2) is 64.6 Å². The Morgan fingerprint density at radius 3 is 2.28 bits per heavy atom. The molecule has 0 spiro atoms. The molecule has 36 heavy (non-hydrogen) atoms. The van der Waals surface area contributed by atoms with Crippen LogP contribution >= 0.6 is 0 Å². The highest BCUT2D eigenvalue weighted by atomic mass is 32.2. The maximum Gasteiger partial charge on any atom is 0.258 e. The first kappa shape index (κ1) is 24.4. The second-order valence-electron chi connectivity index (χ2n) is 8.83. The molecule has 2 aromatic rings. The Morgan fingerprint density at radius 1 is 0.944 bits per heavy atom. The molecule has 5 rings (SSSR count).